The SMILES string of the molecule is C1=CN2CCCCCC2NCCC1. The van der Waals surface area contributed by atoms with Crippen molar-refractivity contribution in [3.8, 4) is 0 Å². The van der Waals surface area contributed by atoms with Gasteiger partial charge in [-0.25, -0.2) is 0 Å². The normalized spacial score (nSPS) is 30.2. The van der Waals surface area contributed by atoms with Crippen LogP contribution < -0.4 is 5.32 Å². The van der Waals surface area contributed by atoms with Crippen molar-refractivity contribution in [1.29, 1.82) is 0 Å². The Hall–Kier alpha value is -0.500. The molecule has 0 aromatic rings. The van der Waals surface area contributed by atoms with E-state index in [9.17, 15) is 0 Å². The van der Waals surface area contributed by atoms with Crippen LogP contribution in [0.1, 0.15) is 38.5 Å². The van der Waals surface area contributed by atoms with Crippen LogP contribution in [0.4, 0.5) is 0 Å². The van der Waals surface area contributed by atoms with E-state index >= 15 is 0 Å². The van der Waals surface area contributed by atoms with E-state index in [4.69, 9.17) is 0 Å². The second-order valence-electron chi connectivity index (χ2n) is 4.08. The van der Waals surface area contributed by atoms with Crippen molar-refractivity contribution in [2.24, 2.45) is 0 Å². The van der Waals surface area contributed by atoms with Crippen molar-refractivity contribution in [2.45, 2.75) is 44.7 Å². The molecule has 2 aliphatic heterocycles. The fraction of sp³-hybridized carbons (Fsp3) is 0.818. The Morgan fingerprint density at radius 1 is 1.15 bits per heavy atom. The van der Waals surface area contributed by atoms with Crippen molar-refractivity contribution in [3.05, 3.63) is 12.3 Å². The van der Waals surface area contributed by atoms with Gasteiger partial charge >= 0.3 is 0 Å². The molecular formula is C11H20N2. The van der Waals surface area contributed by atoms with E-state index in [0.29, 0.717) is 6.17 Å². The maximum Gasteiger partial charge on any atom is 0.0790 e. The van der Waals surface area contributed by atoms with Crippen LogP contribution in [-0.2, 0) is 0 Å². The lowest BCUT2D eigenvalue weighted by Crippen LogP contribution is -2.43. The minimum absolute atomic E-state index is 0.624. The highest BCUT2D eigenvalue weighted by atomic mass is 15.3. The van der Waals surface area contributed by atoms with E-state index in [1.807, 2.05) is 0 Å². The Morgan fingerprint density at radius 2 is 2.15 bits per heavy atom. The van der Waals surface area contributed by atoms with Crippen LogP contribution in [0.15, 0.2) is 12.3 Å². The quantitative estimate of drug-likeness (QED) is 0.614. The molecule has 1 atom stereocenters. The standard InChI is InChI=1S/C11H20N2/c1-3-7-11-12-8-4-2-6-10-13(11)9-5-1/h6,10-12H,1-5,7-9H2. The molecule has 0 saturated carbocycles. The Morgan fingerprint density at radius 3 is 3.15 bits per heavy atom. The molecule has 0 aromatic carbocycles. The van der Waals surface area contributed by atoms with E-state index < -0.39 is 0 Å². The van der Waals surface area contributed by atoms with Gasteiger partial charge in [-0.15, -0.1) is 0 Å². The van der Waals surface area contributed by atoms with Crippen molar-refractivity contribution >= 4 is 0 Å². The first-order valence-electron chi connectivity index (χ1n) is 5.62. The summed E-state index contributed by atoms with van der Waals surface area (Å²) in [6.45, 7) is 2.43. The van der Waals surface area contributed by atoms with Crippen molar-refractivity contribution < 1.29 is 0 Å². The predicted molar refractivity (Wildman–Crippen MR) is 55.3 cm³/mol. The number of nitrogens with zero attached hydrogens (tertiary/aromatic N) is 1. The molecule has 1 fully saturated rings. The molecule has 0 aliphatic carbocycles. The minimum atomic E-state index is 0.624. The van der Waals surface area contributed by atoms with Crippen LogP contribution in [0, 0.1) is 0 Å². The highest BCUT2D eigenvalue weighted by Crippen LogP contribution is 2.16. The molecule has 13 heavy (non-hydrogen) atoms. The highest BCUT2D eigenvalue weighted by Gasteiger charge is 2.17. The van der Waals surface area contributed by atoms with Crippen LogP contribution in [0.5, 0.6) is 0 Å². The second kappa shape index (κ2) is 4.66. The molecule has 2 heteroatoms. The molecule has 0 aromatic heterocycles. The largest absolute Gasteiger partial charge is 0.362 e. The summed E-state index contributed by atoms with van der Waals surface area (Å²) in [5.41, 5.74) is 0. The Balaban J connectivity index is 2.01. The fourth-order valence-corrected chi connectivity index (χ4v) is 2.23. The highest BCUT2D eigenvalue weighted by molar-refractivity contribution is 4.89. The van der Waals surface area contributed by atoms with Crippen LogP contribution in [0.25, 0.3) is 0 Å². The third-order valence-electron chi connectivity index (χ3n) is 3.02. The predicted octanol–water partition coefficient (Wildman–Crippen LogP) is 2.09. The number of hydrogen-bond donors (Lipinski definition) is 1. The maximum atomic E-state index is 3.64. The summed E-state index contributed by atoms with van der Waals surface area (Å²) in [7, 11) is 0. The van der Waals surface area contributed by atoms with Crippen molar-refractivity contribution in [3.63, 3.8) is 0 Å². The Bertz CT molecular complexity index is 177. The average molecular weight is 180 g/mol. The Kier molecular flexibility index (Phi) is 3.25. The van der Waals surface area contributed by atoms with E-state index in [1.54, 1.807) is 0 Å². The molecular weight excluding hydrogens is 160 g/mol. The molecule has 74 valence electrons. The molecule has 1 saturated heterocycles. The molecule has 2 aliphatic rings. The van der Waals surface area contributed by atoms with Crippen LogP contribution >= 0.6 is 0 Å². The Labute approximate surface area is 81.0 Å². The first-order chi connectivity index (χ1) is 6.47. The summed E-state index contributed by atoms with van der Waals surface area (Å²) in [6, 6.07) is 0. The van der Waals surface area contributed by atoms with Gasteiger partial charge in [0.15, 0.2) is 0 Å². The first kappa shape index (κ1) is 9.07. The molecule has 0 bridgehead atoms. The van der Waals surface area contributed by atoms with Crippen molar-refractivity contribution in [2.75, 3.05) is 13.1 Å². The molecule has 2 nitrogen and oxygen atoms in total. The summed E-state index contributed by atoms with van der Waals surface area (Å²) in [6.07, 6.45) is 13.3. The van der Waals surface area contributed by atoms with Gasteiger partial charge in [0.05, 0.1) is 6.17 Å². The number of hydrogen-bond acceptors (Lipinski definition) is 2. The third-order valence-corrected chi connectivity index (χ3v) is 3.02. The number of allylic oxidation sites excluding steroid dienone is 1. The second-order valence-corrected chi connectivity index (χ2v) is 4.08. The lowest BCUT2D eigenvalue weighted by Gasteiger charge is -2.30. The van der Waals surface area contributed by atoms with Gasteiger partial charge in [0.2, 0.25) is 0 Å². The number of rotatable bonds is 0. The van der Waals surface area contributed by atoms with Gasteiger partial charge in [-0.3, -0.25) is 5.32 Å². The number of nitrogens with one attached hydrogen (secondary N) is 1. The van der Waals surface area contributed by atoms with E-state index in [0.717, 1.165) is 0 Å². The van der Waals surface area contributed by atoms with E-state index in [1.165, 1.54) is 51.6 Å². The molecule has 2 rings (SSSR count). The van der Waals surface area contributed by atoms with Crippen LogP contribution in [0.2, 0.25) is 0 Å². The zero-order valence-corrected chi connectivity index (χ0v) is 8.34. The smallest absolute Gasteiger partial charge is 0.0790 e. The summed E-state index contributed by atoms with van der Waals surface area (Å²) in [5, 5.41) is 3.64. The molecule has 1 N–H and O–H groups in total. The van der Waals surface area contributed by atoms with Gasteiger partial charge in [0.25, 0.3) is 0 Å². The van der Waals surface area contributed by atoms with Gasteiger partial charge in [-0.05, 0) is 44.8 Å². The summed E-state index contributed by atoms with van der Waals surface area (Å²) < 4.78 is 0. The van der Waals surface area contributed by atoms with E-state index in [2.05, 4.69) is 22.5 Å². The summed E-state index contributed by atoms with van der Waals surface area (Å²) in [5.74, 6) is 0. The third kappa shape index (κ3) is 2.47. The lowest BCUT2D eigenvalue weighted by atomic mass is 10.2. The van der Waals surface area contributed by atoms with Crippen molar-refractivity contribution in [1.82, 2.24) is 10.2 Å². The monoisotopic (exact) mass is 180 g/mol. The van der Waals surface area contributed by atoms with Gasteiger partial charge in [0, 0.05) is 6.54 Å². The van der Waals surface area contributed by atoms with Gasteiger partial charge in [-0.1, -0.05) is 12.5 Å². The first-order valence-corrected chi connectivity index (χ1v) is 5.62. The number of fused-ring (bicyclic) bond motifs is 1. The summed E-state index contributed by atoms with van der Waals surface area (Å²) in [4.78, 5) is 2.49. The molecule has 0 amide bonds. The topological polar surface area (TPSA) is 15.3 Å². The fourth-order valence-electron chi connectivity index (χ4n) is 2.23. The molecule has 0 radical (unpaired) electrons. The minimum Gasteiger partial charge on any atom is -0.362 e. The van der Waals surface area contributed by atoms with Gasteiger partial charge in [0.1, 0.15) is 0 Å². The lowest BCUT2D eigenvalue weighted by molar-refractivity contribution is 0.231. The molecule has 1 unspecified atom stereocenters. The summed E-state index contributed by atoms with van der Waals surface area (Å²) >= 11 is 0. The maximum absolute atomic E-state index is 3.64. The van der Waals surface area contributed by atoms with Gasteiger partial charge in [-0.2, -0.15) is 0 Å². The van der Waals surface area contributed by atoms with Crippen LogP contribution in [-0.4, -0.2) is 24.2 Å². The average Bonchev–Trinajstić information content (AvgIpc) is 2.30. The molecule has 0 spiro atoms. The zero-order chi connectivity index (χ0) is 8.93. The van der Waals surface area contributed by atoms with E-state index in [-0.39, 0.29) is 0 Å². The molecule has 2 heterocycles. The van der Waals surface area contributed by atoms with Crippen LogP contribution in [0.3, 0.4) is 0 Å². The van der Waals surface area contributed by atoms with Gasteiger partial charge < -0.3 is 4.90 Å². The zero-order valence-electron chi connectivity index (χ0n) is 8.34.